The monoisotopic (exact) mass is 98.0 g/mol. The minimum atomic E-state index is -0.0263. The smallest absolute Gasteiger partial charge is 0.176 e. The topological polar surface area (TPSA) is 52.9 Å². The fraction of sp³-hybridized carbons (Fsp3) is 0.500. The Hall–Kier alpha value is -1.04. The van der Waals surface area contributed by atoms with Crippen LogP contribution in [-0.4, -0.2) is 12.3 Å². The highest BCUT2D eigenvalue weighted by atomic mass is 16.1. The summed E-state index contributed by atoms with van der Waals surface area (Å²) < 4.78 is 0. The number of carbonyl (C=O) groups excluding carboxylic acids is 1. The summed E-state index contributed by atoms with van der Waals surface area (Å²) in [5.74, 6) is -0.0263. The van der Waals surface area contributed by atoms with Crippen LogP contribution in [0.2, 0.25) is 0 Å². The lowest BCUT2D eigenvalue weighted by Crippen LogP contribution is -2.14. The molecule has 0 saturated heterocycles. The van der Waals surface area contributed by atoms with Crippen LogP contribution in [0.5, 0.6) is 0 Å². The second-order valence-corrected chi connectivity index (χ2v) is 1.17. The summed E-state index contributed by atoms with van der Waals surface area (Å²) >= 11 is 0. The van der Waals surface area contributed by atoms with E-state index in [2.05, 4.69) is 5.32 Å². The normalized spacial score (nSPS) is 6.86. The minimum Gasteiger partial charge on any atom is -0.316 e. The molecule has 0 fully saturated rings. The lowest BCUT2D eigenvalue weighted by Gasteiger charge is -1.84. The van der Waals surface area contributed by atoms with Gasteiger partial charge in [0.25, 0.3) is 0 Å². The molecule has 0 bridgehead atoms. The molecule has 0 aromatic heterocycles. The number of hydrogen-bond donors (Lipinski definition) is 1. The number of ketones is 1. The van der Waals surface area contributed by atoms with Crippen LogP contribution in [0, 0.1) is 11.5 Å². The Kier molecular flexibility index (Phi) is 2.69. The molecule has 0 aliphatic carbocycles. The molecule has 0 amide bonds. The maximum absolute atomic E-state index is 9.99. The SMILES string of the molecule is CC(=O)CNC#N. The molecule has 0 atom stereocenters. The average molecular weight is 98.1 g/mol. The van der Waals surface area contributed by atoms with E-state index in [1.165, 1.54) is 6.92 Å². The molecule has 0 aromatic rings. The Balaban J connectivity index is 3.02. The molecule has 0 unspecified atom stereocenters. The molecule has 38 valence electrons. The molecule has 0 spiro atoms. The molecule has 0 saturated carbocycles. The van der Waals surface area contributed by atoms with Crippen molar-refractivity contribution in [1.29, 1.82) is 5.26 Å². The fourth-order valence-electron chi connectivity index (χ4n) is 0.164. The molecular weight excluding hydrogens is 92.1 g/mol. The Morgan fingerprint density at radius 2 is 2.57 bits per heavy atom. The van der Waals surface area contributed by atoms with Gasteiger partial charge in [-0.05, 0) is 6.92 Å². The third-order valence-electron chi connectivity index (χ3n) is 0.416. The van der Waals surface area contributed by atoms with Crippen molar-refractivity contribution in [3.8, 4) is 6.19 Å². The van der Waals surface area contributed by atoms with Gasteiger partial charge < -0.3 is 5.32 Å². The standard InChI is InChI=1S/C4H6N2O/c1-4(7)2-6-3-5/h6H,2H2,1H3. The van der Waals surface area contributed by atoms with Crippen molar-refractivity contribution >= 4 is 5.78 Å². The fourth-order valence-corrected chi connectivity index (χ4v) is 0.164. The first-order valence-electron chi connectivity index (χ1n) is 1.88. The number of Topliss-reactive ketones (excluding diaryl/α,β-unsaturated/α-hetero) is 1. The van der Waals surface area contributed by atoms with Gasteiger partial charge in [0.1, 0.15) is 5.78 Å². The Morgan fingerprint density at radius 1 is 2.00 bits per heavy atom. The molecule has 0 rings (SSSR count). The van der Waals surface area contributed by atoms with Crippen LogP contribution >= 0.6 is 0 Å². The lowest BCUT2D eigenvalue weighted by atomic mass is 10.5. The van der Waals surface area contributed by atoms with Crippen LogP contribution < -0.4 is 5.32 Å². The number of hydrogen-bond acceptors (Lipinski definition) is 3. The zero-order valence-electron chi connectivity index (χ0n) is 4.06. The molecule has 3 nitrogen and oxygen atoms in total. The molecule has 0 radical (unpaired) electrons. The highest BCUT2D eigenvalue weighted by Gasteiger charge is 1.85. The van der Waals surface area contributed by atoms with E-state index >= 15 is 0 Å². The predicted octanol–water partition coefficient (Wildman–Crippen LogP) is -0.354. The number of nitriles is 1. The molecule has 0 aliphatic rings. The van der Waals surface area contributed by atoms with Crippen molar-refractivity contribution in [3.63, 3.8) is 0 Å². The number of carbonyl (C=O) groups is 1. The maximum atomic E-state index is 9.99. The van der Waals surface area contributed by atoms with Crippen LogP contribution in [0.25, 0.3) is 0 Å². The molecule has 3 heteroatoms. The Morgan fingerprint density at radius 3 is 2.71 bits per heavy atom. The van der Waals surface area contributed by atoms with E-state index in [1.807, 2.05) is 0 Å². The maximum Gasteiger partial charge on any atom is 0.176 e. The summed E-state index contributed by atoms with van der Waals surface area (Å²) in [5.41, 5.74) is 0. The van der Waals surface area contributed by atoms with Gasteiger partial charge in [-0.25, -0.2) is 0 Å². The largest absolute Gasteiger partial charge is 0.316 e. The summed E-state index contributed by atoms with van der Waals surface area (Å²) in [5, 5.41) is 10.0. The van der Waals surface area contributed by atoms with E-state index in [4.69, 9.17) is 5.26 Å². The first-order chi connectivity index (χ1) is 3.27. The summed E-state index contributed by atoms with van der Waals surface area (Å²) in [6.07, 6.45) is 1.63. The van der Waals surface area contributed by atoms with Crippen molar-refractivity contribution in [1.82, 2.24) is 5.32 Å². The quantitative estimate of drug-likeness (QED) is 0.379. The molecule has 0 heterocycles. The van der Waals surface area contributed by atoms with Gasteiger partial charge in [-0.3, -0.25) is 4.79 Å². The summed E-state index contributed by atoms with van der Waals surface area (Å²) in [4.78, 5) is 9.99. The van der Waals surface area contributed by atoms with Gasteiger partial charge >= 0.3 is 0 Å². The van der Waals surface area contributed by atoms with Crippen molar-refractivity contribution in [2.45, 2.75) is 6.92 Å². The van der Waals surface area contributed by atoms with Gasteiger partial charge in [0.2, 0.25) is 0 Å². The van der Waals surface area contributed by atoms with Gasteiger partial charge in [-0.1, -0.05) is 0 Å². The van der Waals surface area contributed by atoms with Crippen molar-refractivity contribution in [3.05, 3.63) is 0 Å². The van der Waals surface area contributed by atoms with Gasteiger partial charge in [-0.2, -0.15) is 5.26 Å². The highest BCUT2D eigenvalue weighted by Crippen LogP contribution is 1.58. The molecule has 0 aromatic carbocycles. The van der Waals surface area contributed by atoms with E-state index in [1.54, 1.807) is 6.19 Å². The molecular formula is C4H6N2O. The van der Waals surface area contributed by atoms with Gasteiger partial charge in [0.15, 0.2) is 6.19 Å². The number of nitrogens with zero attached hydrogens (tertiary/aromatic N) is 1. The van der Waals surface area contributed by atoms with E-state index in [9.17, 15) is 4.79 Å². The van der Waals surface area contributed by atoms with Crippen LogP contribution in [-0.2, 0) is 4.79 Å². The van der Waals surface area contributed by atoms with Crippen molar-refractivity contribution in [2.24, 2.45) is 0 Å². The van der Waals surface area contributed by atoms with Crippen LogP contribution in [0.15, 0.2) is 0 Å². The molecule has 7 heavy (non-hydrogen) atoms. The van der Waals surface area contributed by atoms with E-state index < -0.39 is 0 Å². The summed E-state index contributed by atoms with van der Waals surface area (Å²) in [7, 11) is 0. The number of rotatable bonds is 2. The van der Waals surface area contributed by atoms with E-state index in [0.717, 1.165) is 0 Å². The second-order valence-electron chi connectivity index (χ2n) is 1.17. The van der Waals surface area contributed by atoms with Crippen LogP contribution in [0.1, 0.15) is 6.92 Å². The lowest BCUT2D eigenvalue weighted by molar-refractivity contribution is -0.116. The van der Waals surface area contributed by atoms with Crippen LogP contribution in [0.3, 0.4) is 0 Å². The number of nitrogens with one attached hydrogen (secondary N) is 1. The summed E-state index contributed by atoms with van der Waals surface area (Å²) in [6.45, 7) is 1.57. The Bertz CT molecular complexity index is 103. The van der Waals surface area contributed by atoms with Crippen molar-refractivity contribution in [2.75, 3.05) is 6.54 Å². The predicted molar refractivity (Wildman–Crippen MR) is 24.3 cm³/mol. The minimum absolute atomic E-state index is 0.0263. The van der Waals surface area contributed by atoms with E-state index in [-0.39, 0.29) is 12.3 Å². The Labute approximate surface area is 41.9 Å². The zero-order chi connectivity index (χ0) is 5.70. The second kappa shape index (κ2) is 3.16. The zero-order valence-corrected chi connectivity index (χ0v) is 4.06. The first kappa shape index (κ1) is 5.96. The van der Waals surface area contributed by atoms with E-state index in [0.29, 0.717) is 0 Å². The highest BCUT2D eigenvalue weighted by molar-refractivity contribution is 5.77. The summed E-state index contributed by atoms with van der Waals surface area (Å²) in [6, 6.07) is 0. The first-order valence-corrected chi connectivity index (χ1v) is 1.88. The van der Waals surface area contributed by atoms with Crippen LogP contribution in [0.4, 0.5) is 0 Å². The average Bonchev–Trinajstić information content (AvgIpc) is 1.61. The third kappa shape index (κ3) is 4.96. The van der Waals surface area contributed by atoms with Gasteiger partial charge in [0.05, 0.1) is 6.54 Å². The van der Waals surface area contributed by atoms with Crippen molar-refractivity contribution < 1.29 is 4.79 Å². The third-order valence-corrected chi connectivity index (χ3v) is 0.416. The van der Waals surface area contributed by atoms with Gasteiger partial charge in [-0.15, -0.1) is 0 Å². The molecule has 0 aliphatic heterocycles. The molecule has 1 N–H and O–H groups in total. The van der Waals surface area contributed by atoms with Gasteiger partial charge in [0, 0.05) is 0 Å².